The van der Waals surface area contributed by atoms with Gasteiger partial charge in [0.25, 0.3) is 0 Å². The summed E-state index contributed by atoms with van der Waals surface area (Å²) in [6.45, 7) is 1.93. The molecule has 214 valence electrons. The van der Waals surface area contributed by atoms with Gasteiger partial charge in [-0.2, -0.15) is 0 Å². The Kier molecular flexibility index (Phi) is 10.5. The smallest absolute Gasteiger partial charge is 0.119 e. The highest BCUT2D eigenvalue weighted by Gasteiger charge is 2.24. The van der Waals surface area contributed by atoms with Crippen molar-refractivity contribution in [1.82, 2.24) is 0 Å². The van der Waals surface area contributed by atoms with Crippen molar-refractivity contribution >= 4 is 0 Å². The summed E-state index contributed by atoms with van der Waals surface area (Å²) in [6.07, 6.45) is 8.90. The quantitative estimate of drug-likeness (QED) is 0.121. The molecule has 0 saturated carbocycles. The van der Waals surface area contributed by atoms with Crippen molar-refractivity contribution in [2.24, 2.45) is 0 Å². The molecule has 0 unspecified atom stereocenters. The van der Waals surface area contributed by atoms with Gasteiger partial charge in [0.05, 0.1) is 13.2 Å². The maximum atomic E-state index is 8.95. The number of ether oxygens (including phenoxy) is 2. The van der Waals surface area contributed by atoms with Gasteiger partial charge in [-0.1, -0.05) is 73.5 Å². The van der Waals surface area contributed by atoms with Gasteiger partial charge in [0, 0.05) is 13.2 Å². The van der Waals surface area contributed by atoms with E-state index in [0.717, 1.165) is 69.3 Å². The van der Waals surface area contributed by atoms with Gasteiger partial charge in [0.2, 0.25) is 0 Å². The van der Waals surface area contributed by atoms with Crippen LogP contribution in [0.4, 0.5) is 0 Å². The molecule has 0 bridgehead atoms. The second-order valence-electron chi connectivity index (χ2n) is 10.9. The first-order valence-corrected chi connectivity index (χ1v) is 15.2. The summed E-state index contributed by atoms with van der Waals surface area (Å²) in [5, 5.41) is 17.9. The highest BCUT2D eigenvalue weighted by molar-refractivity contribution is 5.93. The van der Waals surface area contributed by atoms with Crippen molar-refractivity contribution in [1.29, 1.82) is 0 Å². The van der Waals surface area contributed by atoms with Gasteiger partial charge < -0.3 is 19.7 Å². The molecule has 0 fully saturated rings. The average Bonchev–Trinajstić information content (AvgIpc) is 3.40. The van der Waals surface area contributed by atoms with Crippen molar-refractivity contribution < 1.29 is 19.7 Å². The van der Waals surface area contributed by atoms with Crippen molar-refractivity contribution in [3.05, 3.63) is 96.1 Å². The zero-order chi connectivity index (χ0) is 28.3. The lowest BCUT2D eigenvalue weighted by molar-refractivity contribution is 0.273. The van der Waals surface area contributed by atoms with Crippen LogP contribution in [0.25, 0.3) is 33.4 Å². The number of rotatable bonds is 16. The van der Waals surface area contributed by atoms with E-state index in [1.807, 2.05) is 0 Å². The molecule has 0 saturated heterocycles. The van der Waals surface area contributed by atoms with Crippen LogP contribution in [0.3, 0.4) is 0 Å². The fourth-order valence-electron chi connectivity index (χ4n) is 5.75. The van der Waals surface area contributed by atoms with Crippen LogP contribution in [0.5, 0.6) is 11.5 Å². The molecule has 0 spiro atoms. The lowest BCUT2D eigenvalue weighted by Gasteiger charge is -2.17. The van der Waals surface area contributed by atoms with E-state index in [2.05, 4.69) is 84.9 Å². The first kappa shape index (κ1) is 28.9. The number of hydrogen-bond acceptors (Lipinski definition) is 4. The van der Waals surface area contributed by atoms with Crippen LogP contribution in [0.1, 0.15) is 62.5 Å². The van der Waals surface area contributed by atoms with Gasteiger partial charge in [-0.25, -0.2) is 0 Å². The Bertz CT molecular complexity index is 1380. The molecule has 1 aliphatic carbocycles. The zero-order valence-corrected chi connectivity index (χ0v) is 24.0. The van der Waals surface area contributed by atoms with Crippen LogP contribution in [0.15, 0.2) is 84.9 Å². The summed E-state index contributed by atoms with van der Waals surface area (Å²) in [5.41, 5.74) is 10.3. The van der Waals surface area contributed by atoms with E-state index in [1.54, 1.807) is 0 Å². The molecule has 4 aromatic rings. The molecule has 0 amide bonds. The van der Waals surface area contributed by atoms with E-state index in [1.165, 1.54) is 44.5 Å². The number of hydrogen-bond donors (Lipinski definition) is 2. The topological polar surface area (TPSA) is 58.9 Å². The minimum absolute atomic E-state index is 0.267. The summed E-state index contributed by atoms with van der Waals surface area (Å²) in [4.78, 5) is 0. The Balaban J connectivity index is 1.36. The molecule has 4 nitrogen and oxygen atoms in total. The molecule has 2 N–H and O–H groups in total. The van der Waals surface area contributed by atoms with Crippen LogP contribution in [0, 0.1) is 0 Å². The molecular formula is C37H42O4. The Labute approximate surface area is 244 Å². The Morgan fingerprint density at radius 1 is 0.488 bits per heavy atom. The molecule has 4 aromatic carbocycles. The first-order valence-electron chi connectivity index (χ1n) is 15.2. The van der Waals surface area contributed by atoms with E-state index < -0.39 is 0 Å². The van der Waals surface area contributed by atoms with Crippen LogP contribution in [-0.2, 0) is 6.42 Å². The van der Waals surface area contributed by atoms with Gasteiger partial charge in [-0.15, -0.1) is 0 Å². The van der Waals surface area contributed by atoms with Gasteiger partial charge in [0.15, 0.2) is 0 Å². The summed E-state index contributed by atoms with van der Waals surface area (Å²) >= 11 is 0. The second kappa shape index (κ2) is 14.9. The SMILES string of the molecule is OCCCCCCOc1ccc(-c2ccc3c(c2-c2ccc(OCCCCCCO)cc2)Cc2ccccc2-3)cc1. The van der Waals surface area contributed by atoms with Crippen LogP contribution in [-0.4, -0.2) is 36.6 Å². The van der Waals surface area contributed by atoms with Crippen molar-refractivity contribution in [3.63, 3.8) is 0 Å². The fraction of sp³-hybridized carbons (Fsp3) is 0.351. The molecule has 0 radical (unpaired) electrons. The first-order chi connectivity index (χ1) is 20.3. The Morgan fingerprint density at radius 2 is 1.02 bits per heavy atom. The van der Waals surface area contributed by atoms with Crippen LogP contribution in [0.2, 0.25) is 0 Å². The molecular weight excluding hydrogens is 508 g/mol. The minimum atomic E-state index is 0.267. The van der Waals surface area contributed by atoms with Crippen molar-refractivity contribution in [2.45, 2.75) is 57.8 Å². The van der Waals surface area contributed by atoms with E-state index in [-0.39, 0.29) is 13.2 Å². The van der Waals surface area contributed by atoms with E-state index >= 15 is 0 Å². The predicted molar refractivity (Wildman–Crippen MR) is 168 cm³/mol. The monoisotopic (exact) mass is 550 g/mol. The van der Waals surface area contributed by atoms with E-state index in [9.17, 15) is 0 Å². The number of aliphatic hydroxyl groups is 2. The Hall–Kier alpha value is -3.60. The molecule has 0 atom stereocenters. The molecule has 1 aliphatic rings. The minimum Gasteiger partial charge on any atom is -0.494 e. The third-order valence-corrected chi connectivity index (χ3v) is 7.94. The summed E-state index contributed by atoms with van der Waals surface area (Å²) in [6, 6.07) is 30.3. The van der Waals surface area contributed by atoms with Gasteiger partial charge >= 0.3 is 0 Å². The summed E-state index contributed by atoms with van der Waals surface area (Å²) in [7, 11) is 0. The lowest BCUT2D eigenvalue weighted by atomic mass is 9.88. The number of fused-ring (bicyclic) bond motifs is 3. The largest absolute Gasteiger partial charge is 0.494 e. The molecule has 5 rings (SSSR count). The molecule has 0 aliphatic heterocycles. The third kappa shape index (κ3) is 7.38. The summed E-state index contributed by atoms with van der Waals surface area (Å²) < 4.78 is 12.0. The van der Waals surface area contributed by atoms with Crippen LogP contribution >= 0.6 is 0 Å². The maximum absolute atomic E-state index is 8.95. The highest BCUT2D eigenvalue weighted by Crippen LogP contribution is 2.46. The van der Waals surface area contributed by atoms with E-state index in [4.69, 9.17) is 19.7 Å². The summed E-state index contributed by atoms with van der Waals surface area (Å²) in [5.74, 6) is 1.79. The number of aliphatic hydroxyl groups excluding tert-OH is 2. The maximum Gasteiger partial charge on any atom is 0.119 e. The third-order valence-electron chi connectivity index (χ3n) is 7.94. The highest BCUT2D eigenvalue weighted by atomic mass is 16.5. The lowest BCUT2D eigenvalue weighted by Crippen LogP contribution is -1.98. The Morgan fingerprint density at radius 3 is 1.63 bits per heavy atom. The van der Waals surface area contributed by atoms with Crippen LogP contribution < -0.4 is 9.47 Å². The van der Waals surface area contributed by atoms with Gasteiger partial charge in [-0.3, -0.25) is 0 Å². The fourth-order valence-corrected chi connectivity index (χ4v) is 5.75. The number of unbranched alkanes of at least 4 members (excludes halogenated alkanes) is 6. The van der Waals surface area contributed by atoms with Crippen molar-refractivity contribution in [3.8, 4) is 44.9 Å². The molecule has 41 heavy (non-hydrogen) atoms. The molecule has 0 aromatic heterocycles. The standard InChI is InChI=1S/C37H42O4/c38-23-7-1-3-9-25-40-31-17-13-28(14-18-31)34-21-22-35-33-12-6-5-11-30(33)27-36(35)37(34)29-15-19-32(20-16-29)41-26-10-4-2-8-24-39/h5-6,11-22,38-39H,1-4,7-10,23-27H2. The number of benzene rings is 4. The zero-order valence-electron chi connectivity index (χ0n) is 24.0. The normalized spacial score (nSPS) is 11.8. The molecule has 4 heteroatoms. The molecule has 0 heterocycles. The van der Waals surface area contributed by atoms with Gasteiger partial charge in [-0.05, 0) is 114 Å². The van der Waals surface area contributed by atoms with Crippen molar-refractivity contribution in [2.75, 3.05) is 26.4 Å². The average molecular weight is 551 g/mol. The second-order valence-corrected chi connectivity index (χ2v) is 10.9. The van der Waals surface area contributed by atoms with E-state index in [0.29, 0.717) is 13.2 Å². The predicted octanol–water partition coefficient (Wildman–Crippen LogP) is 8.45. The van der Waals surface area contributed by atoms with Gasteiger partial charge in [0.1, 0.15) is 11.5 Å².